The molecular formula is C15H22N2O. The van der Waals surface area contributed by atoms with Crippen molar-refractivity contribution in [2.45, 2.75) is 39.5 Å². The van der Waals surface area contributed by atoms with Crippen LogP contribution in [0.25, 0.3) is 10.9 Å². The molecule has 18 heavy (non-hydrogen) atoms. The Kier molecular flexibility index (Phi) is 4.39. The van der Waals surface area contributed by atoms with E-state index in [1.54, 1.807) is 0 Å². The molecular weight excluding hydrogens is 224 g/mol. The molecule has 0 saturated carbocycles. The molecule has 1 unspecified atom stereocenters. The van der Waals surface area contributed by atoms with Crippen LogP contribution < -0.4 is 5.32 Å². The van der Waals surface area contributed by atoms with Crippen molar-refractivity contribution in [2.75, 3.05) is 6.54 Å². The highest BCUT2D eigenvalue weighted by atomic mass is 16.3. The largest absolute Gasteiger partial charge is 0.392 e. The number of benzene rings is 1. The van der Waals surface area contributed by atoms with Gasteiger partial charge in [-0.3, -0.25) is 0 Å². The molecule has 2 aromatic rings. The minimum atomic E-state index is -0.322. The van der Waals surface area contributed by atoms with E-state index in [4.69, 9.17) is 0 Å². The van der Waals surface area contributed by atoms with Crippen LogP contribution in [-0.4, -0.2) is 22.3 Å². The third-order valence-corrected chi connectivity index (χ3v) is 3.07. The first-order valence-electron chi connectivity index (χ1n) is 6.68. The summed E-state index contributed by atoms with van der Waals surface area (Å²) in [5, 5.41) is 14.3. The fraction of sp³-hybridized carbons (Fsp3) is 0.467. The normalized spacial score (nSPS) is 13.1. The third kappa shape index (κ3) is 2.92. The highest BCUT2D eigenvalue weighted by Gasteiger charge is 2.08. The summed E-state index contributed by atoms with van der Waals surface area (Å²) in [5.74, 6) is 0. The van der Waals surface area contributed by atoms with E-state index in [9.17, 15) is 5.11 Å². The molecule has 1 aromatic carbocycles. The molecule has 2 rings (SSSR count). The molecule has 0 aliphatic carbocycles. The third-order valence-electron chi connectivity index (χ3n) is 3.07. The van der Waals surface area contributed by atoms with Gasteiger partial charge in [-0.05, 0) is 31.5 Å². The fourth-order valence-electron chi connectivity index (χ4n) is 2.30. The van der Waals surface area contributed by atoms with E-state index in [0.29, 0.717) is 6.54 Å². The second-order valence-corrected chi connectivity index (χ2v) is 4.85. The van der Waals surface area contributed by atoms with E-state index in [1.165, 1.54) is 16.5 Å². The molecule has 0 amide bonds. The first-order chi connectivity index (χ1) is 8.72. The van der Waals surface area contributed by atoms with Gasteiger partial charge in [0.1, 0.15) is 0 Å². The first-order valence-corrected chi connectivity index (χ1v) is 6.68. The maximum absolute atomic E-state index is 9.55. The zero-order valence-electron chi connectivity index (χ0n) is 11.2. The van der Waals surface area contributed by atoms with Crippen molar-refractivity contribution in [3.05, 3.63) is 36.0 Å². The van der Waals surface area contributed by atoms with Crippen LogP contribution in [0, 0.1) is 0 Å². The summed E-state index contributed by atoms with van der Waals surface area (Å²) in [6, 6.07) is 8.38. The molecule has 98 valence electrons. The van der Waals surface area contributed by atoms with Gasteiger partial charge in [0, 0.05) is 30.2 Å². The maximum atomic E-state index is 9.55. The van der Waals surface area contributed by atoms with E-state index in [2.05, 4.69) is 41.2 Å². The van der Waals surface area contributed by atoms with Crippen molar-refractivity contribution in [2.24, 2.45) is 0 Å². The summed E-state index contributed by atoms with van der Waals surface area (Å²) < 4.78 is 2.14. The van der Waals surface area contributed by atoms with Crippen molar-refractivity contribution >= 4 is 10.9 Å². The van der Waals surface area contributed by atoms with Crippen molar-refractivity contribution in [1.82, 2.24) is 9.88 Å². The molecule has 0 fully saturated rings. The SMILES string of the molecule is CCCNCc1cn(CC(C)O)c2ccccc12. The zero-order valence-corrected chi connectivity index (χ0v) is 11.2. The molecule has 3 heteroatoms. The molecule has 1 aromatic heterocycles. The number of nitrogens with one attached hydrogen (secondary N) is 1. The monoisotopic (exact) mass is 246 g/mol. The molecule has 0 aliphatic rings. The van der Waals surface area contributed by atoms with E-state index in [-0.39, 0.29) is 6.10 Å². The number of aliphatic hydroxyl groups excluding tert-OH is 1. The lowest BCUT2D eigenvalue weighted by atomic mass is 10.2. The van der Waals surface area contributed by atoms with Crippen LogP contribution in [0.15, 0.2) is 30.5 Å². The second kappa shape index (κ2) is 6.03. The Labute approximate surface area is 108 Å². The maximum Gasteiger partial charge on any atom is 0.0691 e. The lowest BCUT2D eigenvalue weighted by molar-refractivity contribution is 0.175. The number of rotatable bonds is 6. The predicted molar refractivity (Wildman–Crippen MR) is 75.6 cm³/mol. The average Bonchev–Trinajstić information content (AvgIpc) is 2.68. The standard InChI is InChI=1S/C15H22N2O/c1-3-8-16-9-13-11-17(10-12(2)18)15-7-5-4-6-14(13)15/h4-7,11-12,16,18H,3,8-10H2,1-2H3. The van der Waals surface area contributed by atoms with Gasteiger partial charge < -0.3 is 15.0 Å². The summed E-state index contributed by atoms with van der Waals surface area (Å²) in [6.07, 6.45) is 2.98. The van der Waals surface area contributed by atoms with Gasteiger partial charge in [0.2, 0.25) is 0 Å². The molecule has 1 atom stereocenters. The van der Waals surface area contributed by atoms with Crippen molar-refractivity contribution in [3.8, 4) is 0 Å². The van der Waals surface area contributed by atoms with Gasteiger partial charge in [0.05, 0.1) is 6.10 Å². The van der Waals surface area contributed by atoms with Crippen molar-refractivity contribution in [1.29, 1.82) is 0 Å². The lowest BCUT2D eigenvalue weighted by Crippen LogP contribution is -2.14. The fourth-order valence-corrected chi connectivity index (χ4v) is 2.30. The Hall–Kier alpha value is -1.32. The topological polar surface area (TPSA) is 37.2 Å². The van der Waals surface area contributed by atoms with E-state index in [1.807, 2.05) is 13.0 Å². The summed E-state index contributed by atoms with van der Waals surface area (Å²) >= 11 is 0. The molecule has 0 spiro atoms. The average molecular weight is 246 g/mol. The number of hydrogen-bond acceptors (Lipinski definition) is 2. The number of para-hydroxylation sites is 1. The van der Waals surface area contributed by atoms with Crippen LogP contribution in [0.3, 0.4) is 0 Å². The van der Waals surface area contributed by atoms with Crippen LogP contribution in [0.2, 0.25) is 0 Å². The van der Waals surface area contributed by atoms with Gasteiger partial charge >= 0.3 is 0 Å². The second-order valence-electron chi connectivity index (χ2n) is 4.85. The Morgan fingerprint density at radius 3 is 2.83 bits per heavy atom. The summed E-state index contributed by atoms with van der Waals surface area (Å²) in [6.45, 7) is 6.57. The van der Waals surface area contributed by atoms with Gasteiger partial charge in [-0.2, -0.15) is 0 Å². The minimum Gasteiger partial charge on any atom is -0.392 e. The molecule has 3 nitrogen and oxygen atoms in total. The van der Waals surface area contributed by atoms with E-state index in [0.717, 1.165) is 19.5 Å². The molecule has 1 heterocycles. The van der Waals surface area contributed by atoms with Gasteiger partial charge in [0.15, 0.2) is 0 Å². The van der Waals surface area contributed by atoms with Crippen LogP contribution in [0.5, 0.6) is 0 Å². The highest BCUT2D eigenvalue weighted by molar-refractivity contribution is 5.83. The van der Waals surface area contributed by atoms with Crippen LogP contribution in [0.1, 0.15) is 25.8 Å². The smallest absolute Gasteiger partial charge is 0.0691 e. The van der Waals surface area contributed by atoms with Crippen LogP contribution in [0.4, 0.5) is 0 Å². The molecule has 0 radical (unpaired) electrons. The quantitative estimate of drug-likeness (QED) is 0.769. The first kappa shape index (κ1) is 13.1. The number of hydrogen-bond donors (Lipinski definition) is 2. The van der Waals surface area contributed by atoms with Gasteiger partial charge in [-0.1, -0.05) is 25.1 Å². The molecule has 2 N–H and O–H groups in total. The van der Waals surface area contributed by atoms with Gasteiger partial charge in [-0.15, -0.1) is 0 Å². The summed E-state index contributed by atoms with van der Waals surface area (Å²) in [5.41, 5.74) is 2.51. The summed E-state index contributed by atoms with van der Waals surface area (Å²) in [4.78, 5) is 0. The Balaban J connectivity index is 2.29. The van der Waals surface area contributed by atoms with Crippen LogP contribution >= 0.6 is 0 Å². The van der Waals surface area contributed by atoms with E-state index >= 15 is 0 Å². The number of aromatic nitrogens is 1. The minimum absolute atomic E-state index is 0.322. The highest BCUT2D eigenvalue weighted by Crippen LogP contribution is 2.21. The molecule has 0 bridgehead atoms. The number of nitrogens with zero attached hydrogens (tertiary/aromatic N) is 1. The molecule has 0 saturated heterocycles. The van der Waals surface area contributed by atoms with Crippen molar-refractivity contribution < 1.29 is 5.11 Å². The Morgan fingerprint density at radius 2 is 2.11 bits per heavy atom. The molecule has 0 aliphatic heterocycles. The number of fused-ring (bicyclic) bond motifs is 1. The van der Waals surface area contributed by atoms with Crippen molar-refractivity contribution in [3.63, 3.8) is 0 Å². The Morgan fingerprint density at radius 1 is 1.33 bits per heavy atom. The summed E-state index contributed by atoms with van der Waals surface area (Å²) in [7, 11) is 0. The predicted octanol–water partition coefficient (Wildman–Crippen LogP) is 2.52. The van der Waals surface area contributed by atoms with Gasteiger partial charge in [0.25, 0.3) is 0 Å². The van der Waals surface area contributed by atoms with Gasteiger partial charge in [-0.25, -0.2) is 0 Å². The Bertz CT molecular complexity index is 502. The number of aliphatic hydroxyl groups is 1. The van der Waals surface area contributed by atoms with E-state index < -0.39 is 0 Å². The van der Waals surface area contributed by atoms with Crippen LogP contribution in [-0.2, 0) is 13.1 Å². The lowest BCUT2D eigenvalue weighted by Gasteiger charge is -2.07. The zero-order chi connectivity index (χ0) is 13.0.